The Kier molecular flexibility index (Phi) is 3.20. The fraction of sp³-hybridized carbons (Fsp3) is 0.647. The summed E-state index contributed by atoms with van der Waals surface area (Å²) in [6, 6.07) is 10.4. The van der Waals surface area contributed by atoms with Gasteiger partial charge in [-0.05, 0) is 37.9 Å². The number of rotatable bonds is 2. The molecule has 0 spiro atoms. The average Bonchev–Trinajstić information content (AvgIpc) is 3.06. The molecule has 3 aliphatic heterocycles. The number of benzene rings is 1. The molecule has 3 heteroatoms. The largest absolute Gasteiger partial charge is 0.384 e. The van der Waals surface area contributed by atoms with Crippen LogP contribution < -0.4 is 5.32 Å². The van der Waals surface area contributed by atoms with E-state index in [1.165, 1.54) is 50.3 Å². The van der Waals surface area contributed by atoms with Gasteiger partial charge in [-0.25, -0.2) is 0 Å². The molecule has 108 valence electrons. The Morgan fingerprint density at radius 2 is 2.15 bits per heavy atom. The Balaban J connectivity index is 1.47. The van der Waals surface area contributed by atoms with Crippen LogP contribution >= 0.6 is 0 Å². The van der Waals surface area contributed by atoms with Crippen LogP contribution in [-0.4, -0.2) is 54.6 Å². The second-order valence-electron chi connectivity index (χ2n) is 6.76. The number of hydrogen-bond acceptors (Lipinski definition) is 3. The van der Waals surface area contributed by atoms with E-state index in [9.17, 15) is 0 Å². The number of nitrogens with zero attached hydrogens (tertiary/aromatic N) is 2. The summed E-state index contributed by atoms with van der Waals surface area (Å²) in [6.45, 7) is 8.61. The van der Waals surface area contributed by atoms with E-state index in [2.05, 4.69) is 46.3 Å². The predicted octanol–water partition coefficient (Wildman–Crippen LogP) is 2.36. The van der Waals surface area contributed by atoms with Crippen molar-refractivity contribution in [3.05, 3.63) is 29.8 Å². The zero-order chi connectivity index (χ0) is 13.5. The van der Waals surface area contributed by atoms with E-state index in [0.717, 1.165) is 12.6 Å². The van der Waals surface area contributed by atoms with Crippen LogP contribution in [0.25, 0.3) is 0 Å². The van der Waals surface area contributed by atoms with E-state index in [4.69, 9.17) is 0 Å². The molecule has 3 aliphatic rings. The predicted molar refractivity (Wildman–Crippen MR) is 83.3 cm³/mol. The second kappa shape index (κ2) is 5.05. The molecule has 0 saturated carbocycles. The fourth-order valence-electron chi connectivity index (χ4n) is 4.31. The highest BCUT2D eigenvalue weighted by Gasteiger charge is 2.36. The van der Waals surface area contributed by atoms with Crippen molar-refractivity contribution in [2.75, 3.05) is 38.0 Å². The first-order valence-electron chi connectivity index (χ1n) is 8.12. The van der Waals surface area contributed by atoms with Crippen LogP contribution in [0.2, 0.25) is 0 Å². The zero-order valence-electron chi connectivity index (χ0n) is 12.4. The third kappa shape index (κ3) is 2.13. The molecule has 2 saturated heterocycles. The SMILES string of the molecule is CC1CN2CCCC2CN1CC1CNc2ccccc21. The summed E-state index contributed by atoms with van der Waals surface area (Å²) < 4.78 is 0. The summed E-state index contributed by atoms with van der Waals surface area (Å²) in [6.07, 6.45) is 2.81. The molecule has 3 nitrogen and oxygen atoms in total. The zero-order valence-corrected chi connectivity index (χ0v) is 12.4. The van der Waals surface area contributed by atoms with Gasteiger partial charge in [0.25, 0.3) is 0 Å². The number of piperazine rings is 1. The van der Waals surface area contributed by atoms with E-state index in [0.29, 0.717) is 12.0 Å². The Morgan fingerprint density at radius 3 is 3.10 bits per heavy atom. The Labute approximate surface area is 121 Å². The van der Waals surface area contributed by atoms with Gasteiger partial charge in [-0.2, -0.15) is 0 Å². The number of fused-ring (bicyclic) bond motifs is 2. The molecule has 0 bridgehead atoms. The standard InChI is InChI=1S/C17H25N3/c1-13-10-19-8-4-5-15(19)12-20(13)11-14-9-18-17-7-3-2-6-16(14)17/h2-3,6-7,13-15,18H,4-5,8-12H2,1H3. The summed E-state index contributed by atoms with van der Waals surface area (Å²) in [4.78, 5) is 5.45. The third-order valence-corrected chi connectivity index (χ3v) is 5.46. The maximum absolute atomic E-state index is 3.56. The van der Waals surface area contributed by atoms with Gasteiger partial charge in [0.05, 0.1) is 0 Å². The molecule has 1 aromatic rings. The highest BCUT2D eigenvalue weighted by molar-refractivity contribution is 5.57. The third-order valence-electron chi connectivity index (χ3n) is 5.46. The highest BCUT2D eigenvalue weighted by Crippen LogP contribution is 2.33. The molecule has 2 fully saturated rings. The first-order valence-corrected chi connectivity index (χ1v) is 8.12. The minimum Gasteiger partial charge on any atom is -0.384 e. The van der Waals surface area contributed by atoms with Crippen LogP contribution in [0, 0.1) is 0 Å². The van der Waals surface area contributed by atoms with Crippen molar-refractivity contribution in [3.63, 3.8) is 0 Å². The summed E-state index contributed by atoms with van der Waals surface area (Å²) in [5, 5.41) is 3.56. The summed E-state index contributed by atoms with van der Waals surface area (Å²) >= 11 is 0. The Hall–Kier alpha value is -1.06. The van der Waals surface area contributed by atoms with E-state index >= 15 is 0 Å². The average molecular weight is 271 g/mol. The Morgan fingerprint density at radius 1 is 1.25 bits per heavy atom. The van der Waals surface area contributed by atoms with E-state index < -0.39 is 0 Å². The normalized spacial score (nSPS) is 33.8. The van der Waals surface area contributed by atoms with Crippen LogP contribution in [0.15, 0.2) is 24.3 Å². The van der Waals surface area contributed by atoms with Gasteiger partial charge in [-0.1, -0.05) is 18.2 Å². The van der Waals surface area contributed by atoms with Gasteiger partial charge >= 0.3 is 0 Å². The Bertz CT molecular complexity index is 487. The molecule has 1 aromatic carbocycles. The molecule has 3 unspecified atom stereocenters. The van der Waals surface area contributed by atoms with Crippen molar-refractivity contribution in [3.8, 4) is 0 Å². The lowest BCUT2D eigenvalue weighted by molar-refractivity contribution is 0.0562. The lowest BCUT2D eigenvalue weighted by atomic mass is 9.98. The van der Waals surface area contributed by atoms with Gasteiger partial charge in [0, 0.05) is 49.9 Å². The quantitative estimate of drug-likeness (QED) is 0.891. The monoisotopic (exact) mass is 271 g/mol. The van der Waals surface area contributed by atoms with Crippen molar-refractivity contribution in [1.29, 1.82) is 0 Å². The van der Waals surface area contributed by atoms with Crippen molar-refractivity contribution < 1.29 is 0 Å². The topological polar surface area (TPSA) is 18.5 Å². The summed E-state index contributed by atoms with van der Waals surface area (Å²) in [7, 11) is 0. The minimum absolute atomic E-state index is 0.668. The van der Waals surface area contributed by atoms with Gasteiger partial charge in [0.2, 0.25) is 0 Å². The number of para-hydroxylation sites is 1. The van der Waals surface area contributed by atoms with Crippen molar-refractivity contribution in [2.24, 2.45) is 0 Å². The highest BCUT2D eigenvalue weighted by atomic mass is 15.3. The van der Waals surface area contributed by atoms with Crippen LogP contribution in [-0.2, 0) is 0 Å². The van der Waals surface area contributed by atoms with E-state index in [-0.39, 0.29) is 0 Å². The minimum atomic E-state index is 0.668. The van der Waals surface area contributed by atoms with Crippen LogP contribution in [0.5, 0.6) is 0 Å². The maximum Gasteiger partial charge on any atom is 0.0376 e. The second-order valence-corrected chi connectivity index (χ2v) is 6.76. The van der Waals surface area contributed by atoms with Gasteiger partial charge in [-0.15, -0.1) is 0 Å². The number of anilines is 1. The van der Waals surface area contributed by atoms with Crippen molar-refractivity contribution in [2.45, 2.75) is 37.8 Å². The number of nitrogens with one attached hydrogen (secondary N) is 1. The molecule has 20 heavy (non-hydrogen) atoms. The van der Waals surface area contributed by atoms with Gasteiger partial charge in [-0.3, -0.25) is 9.80 Å². The molecule has 1 N–H and O–H groups in total. The molecule has 0 amide bonds. The first-order chi connectivity index (χ1) is 9.81. The smallest absolute Gasteiger partial charge is 0.0376 e. The molecule has 3 atom stereocenters. The summed E-state index contributed by atoms with van der Waals surface area (Å²) in [5.74, 6) is 0.668. The molecule has 0 aliphatic carbocycles. The van der Waals surface area contributed by atoms with Gasteiger partial charge in [0.15, 0.2) is 0 Å². The first kappa shape index (κ1) is 12.7. The van der Waals surface area contributed by atoms with Crippen molar-refractivity contribution >= 4 is 5.69 Å². The molecule has 0 radical (unpaired) electrons. The molecular formula is C17H25N3. The number of hydrogen-bond donors (Lipinski definition) is 1. The lowest BCUT2D eigenvalue weighted by Gasteiger charge is -2.43. The maximum atomic E-state index is 3.56. The van der Waals surface area contributed by atoms with Crippen LogP contribution in [0.4, 0.5) is 5.69 Å². The van der Waals surface area contributed by atoms with E-state index in [1.54, 1.807) is 0 Å². The summed E-state index contributed by atoms with van der Waals surface area (Å²) in [5.41, 5.74) is 2.87. The molecular weight excluding hydrogens is 246 g/mol. The molecule has 3 heterocycles. The molecule has 4 rings (SSSR count). The van der Waals surface area contributed by atoms with Crippen LogP contribution in [0.3, 0.4) is 0 Å². The van der Waals surface area contributed by atoms with Crippen molar-refractivity contribution in [1.82, 2.24) is 9.80 Å². The van der Waals surface area contributed by atoms with Gasteiger partial charge < -0.3 is 5.32 Å². The van der Waals surface area contributed by atoms with Crippen LogP contribution in [0.1, 0.15) is 31.2 Å². The fourth-order valence-corrected chi connectivity index (χ4v) is 4.31. The van der Waals surface area contributed by atoms with Gasteiger partial charge in [0.1, 0.15) is 0 Å². The lowest BCUT2D eigenvalue weighted by Crippen LogP contribution is -2.55. The van der Waals surface area contributed by atoms with E-state index in [1.807, 2.05) is 0 Å². The molecule has 0 aromatic heterocycles.